The summed E-state index contributed by atoms with van der Waals surface area (Å²) in [7, 11) is -2.81. The predicted molar refractivity (Wildman–Crippen MR) is 62.8 cm³/mol. The van der Waals surface area contributed by atoms with Gasteiger partial charge in [0.15, 0.2) is 9.84 Å². The van der Waals surface area contributed by atoms with Crippen LogP contribution in [0, 0.1) is 0 Å². The van der Waals surface area contributed by atoms with Crippen LogP contribution >= 0.6 is 15.9 Å². The van der Waals surface area contributed by atoms with Crippen molar-refractivity contribution in [2.75, 3.05) is 29.5 Å². The molecule has 0 unspecified atom stereocenters. The van der Waals surface area contributed by atoms with Gasteiger partial charge in [-0.3, -0.25) is 0 Å². The van der Waals surface area contributed by atoms with Gasteiger partial charge < -0.3 is 4.90 Å². The van der Waals surface area contributed by atoms with Gasteiger partial charge in [-0.05, 0) is 12.1 Å². The molecule has 1 aliphatic rings. The van der Waals surface area contributed by atoms with E-state index in [1.54, 1.807) is 6.20 Å². The number of sulfone groups is 1. The molecule has 0 spiro atoms. The Labute approximate surface area is 97.4 Å². The zero-order valence-corrected chi connectivity index (χ0v) is 10.5. The lowest BCUT2D eigenvalue weighted by Gasteiger charge is -2.27. The molecule has 0 N–H and O–H groups in total. The summed E-state index contributed by atoms with van der Waals surface area (Å²) < 4.78 is 23.4. The molecule has 6 heteroatoms. The van der Waals surface area contributed by atoms with Gasteiger partial charge in [-0.25, -0.2) is 13.4 Å². The Bertz CT molecular complexity index is 447. The normalized spacial score (nSPS) is 20.2. The highest BCUT2D eigenvalue weighted by Crippen LogP contribution is 2.18. The largest absolute Gasteiger partial charge is 0.355 e. The zero-order valence-electron chi connectivity index (χ0n) is 8.06. The number of halogens is 1. The third kappa shape index (κ3) is 2.69. The van der Waals surface area contributed by atoms with Crippen LogP contribution in [0.5, 0.6) is 0 Å². The Morgan fingerprint density at radius 1 is 1.33 bits per heavy atom. The molecule has 0 amide bonds. The molecule has 0 radical (unpaired) electrons. The summed E-state index contributed by atoms with van der Waals surface area (Å²) in [6.45, 7) is 1.07. The van der Waals surface area contributed by atoms with Gasteiger partial charge in [-0.2, -0.15) is 0 Å². The van der Waals surface area contributed by atoms with Gasteiger partial charge in [0.25, 0.3) is 0 Å². The van der Waals surface area contributed by atoms with Crippen molar-refractivity contribution in [2.45, 2.75) is 0 Å². The van der Waals surface area contributed by atoms with Crippen LogP contribution in [0.4, 0.5) is 5.82 Å². The van der Waals surface area contributed by atoms with Crippen LogP contribution in [0.3, 0.4) is 0 Å². The molecule has 1 saturated heterocycles. The number of hydrogen-bond acceptors (Lipinski definition) is 4. The monoisotopic (exact) mass is 290 g/mol. The van der Waals surface area contributed by atoms with Crippen LogP contribution in [0.25, 0.3) is 0 Å². The molecule has 1 aromatic heterocycles. The summed E-state index contributed by atoms with van der Waals surface area (Å²) >= 11 is 3.37. The van der Waals surface area contributed by atoms with E-state index in [4.69, 9.17) is 0 Å². The molecule has 82 valence electrons. The van der Waals surface area contributed by atoms with E-state index >= 15 is 0 Å². The fourth-order valence-corrected chi connectivity index (χ4v) is 3.03. The number of pyridine rings is 1. The third-order valence-corrected chi connectivity index (χ3v) is 4.48. The average Bonchev–Trinajstić information content (AvgIpc) is 2.17. The minimum Gasteiger partial charge on any atom is -0.355 e. The highest BCUT2D eigenvalue weighted by molar-refractivity contribution is 9.10. The lowest BCUT2D eigenvalue weighted by molar-refractivity contribution is 0.586. The summed E-state index contributed by atoms with van der Waals surface area (Å²) in [6.07, 6.45) is 1.71. The van der Waals surface area contributed by atoms with Crippen LogP contribution < -0.4 is 4.90 Å². The molecular formula is C9H11BrN2O2S. The Morgan fingerprint density at radius 3 is 2.60 bits per heavy atom. The van der Waals surface area contributed by atoms with E-state index in [0.29, 0.717) is 13.1 Å². The summed E-state index contributed by atoms with van der Waals surface area (Å²) in [5.41, 5.74) is 0. The van der Waals surface area contributed by atoms with Crippen molar-refractivity contribution in [1.29, 1.82) is 0 Å². The minimum absolute atomic E-state index is 0.223. The van der Waals surface area contributed by atoms with Crippen molar-refractivity contribution in [2.24, 2.45) is 0 Å². The van der Waals surface area contributed by atoms with E-state index in [-0.39, 0.29) is 11.5 Å². The van der Waals surface area contributed by atoms with Crippen molar-refractivity contribution in [3.8, 4) is 0 Å². The molecule has 2 heterocycles. The van der Waals surface area contributed by atoms with Gasteiger partial charge in [0.05, 0.1) is 11.5 Å². The number of hydrogen-bond donors (Lipinski definition) is 0. The fourth-order valence-electron chi connectivity index (χ4n) is 1.51. The molecular weight excluding hydrogens is 280 g/mol. The van der Waals surface area contributed by atoms with Crippen molar-refractivity contribution >= 4 is 31.6 Å². The molecule has 0 atom stereocenters. The van der Waals surface area contributed by atoms with Crippen LogP contribution in [-0.2, 0) is 9.84 Å². The molecule has 0 aliphatic carbocycles. The van der Waals surface area contributed by atoms with E-state index in [2.05, 4.69) is 20.9 Å². The first-order valence-corrected chi connectivity index (χ1v) is 7.25. The predicted octanol–water partition coefficient (Wildman–Crippen LogP) is 1.08. The minimum atomic E-state index is -2.81. The van der Waals surface area contributed by atoms with Crippen LogP contribution in [-0.4, -0.2) is 38.0 Å². The Kier molecular flexibility index (Phi) is 2.97. The molecule has 4 nitrogen and oxygen atoms in total. The third-order valence-electron chi connectivity index (χ3n) is 2.38. The summed E-state index contributed by atoms with van der Waals surface area (Å²) in [5.74, 6) is 1.28. The second-order valence-corrected chi connectivity index (χ2v) is 6.69. The molecule has 0 aromatic carbocycles. The molecule has 0 bridgehead atoms. The van der Waals surface area contributed by atoms with E-state index in [1.807, 2.05) is 17.0 Å². The van der Waals surface area contributed by atoms with E-state index < -0.39 is 9.84 Å². The van der Waals surface area contributed by atoms with E-state index in [0.717, 1.165) is 10.3 Å². The standard InChI is InChI=1S/C9H11BrN2O2S/c10-8-1-2-11-9(7-8)12-3-5-15(13,14)6-4-12/h1-2,7H,3-6H2. The lowest BCUT2D eigenvalue weighted by Crippen LogP contribution is -2.40. The van der Waals surface area contributed by atoms with Crippen LogP contribution in [0.2, 0.25) is 0 Å². The molecule has 0 saturated carbocycles. The van der Waals surface area contributed by atoms with Gasteiger partial charge in [-0.1, -0.05) is 15.9 Å². The second kappa shape index (κ2) is 4.09. The number of rotatable bonds is 1. The van der Waals surface area contributed by atoms with E-state index in [1.165, 1.54) is 0 Å². The highest BCUT2D eigenvalue weighted by Gasteiger charge is 2.22. The van der Waals surface area contributed by atoms with Crippen LogP contribution in [0.15, 0.2) is 22.8 Å². The lowest BCUT2D eigenvalue weighted by atomic mass is 10.4. The number of aromatic nitrogens is 1. The number of nitrogens with zero attached hydrogens (tertiary/aromatic N) is 2. The SMILES string of the molecule is O=S1(=O)CCN(c2cc(Br)ccn2)CC1. The second-order valence-electron chi connectivity index (χ2n) is 3.47. The smallest absolute Gasteiger partial charge is 0.153 e. The molecule has 1 aromatic rings. The van der Waals surface area contributed by atoms with Crippen molar-refractivity contribution in [3.63, 3.8) is 0 Å². The maximum atomic E-state index is 11.2. The maximum absolute atomic E-state index is 11.2. The van der Waals surface area contributed by atoms with Gasteiger partial charge in [-0.15, -0.1) is 0 Å². The van der Waals surface area contributed by atoms with Gasteiger partial charge >= 0.3 is 0 Å². The first-order chi connectivity index (χ1) is 7.07. The zero-order chi connectivity index (χ0) is 10.9. The van der Waals surface area contributed by atoms with E-state index in [9.17, 15) is 8.42 Å². The Balaban J connectivity index is 2.14. The van der Waals surface area contributed by atoms with Crippen molar-refractivity contribution < 1.29 is 8.42 Å². The van der Waals surface area contributed by atoms with Gasteiger partial charge in [0.2, 0.25) is 0 Å². The fraction of sp³-hybridized carbons (Fsp3) is 0.444. The van der Waals surface area contributed by atoms with Gasteiger partial charge in [0.1, 0.15) is 5.82 Å². The molecule has 1 fully saturated rings. The summed E-state index contributed by atoms with van der Waals surface area (Å²) in [6, 6.07) is 3.75. The topological polar surface area (TPSA) is 50.3 Å². The maximum Gasteiger partial charge on any atom is 0.153 e. The van der Waals surface area contributed by atoms with Crippen molar-refractivity contribution in [3.05, 3.63) is 22.8 Å². The molecule has 2 rings (SSSR count). The molecule has 15 heavy (non-hydrogen) atoms. The summed E-state index contributed by atoms with van der Waals surface area (Å²) in [5, 5.41) is 0. The molecule has 1 aliphatic heterocycles. The number of anilines is 1. The van der Waals surface area contributed by atoms with Crippen LogP contribution in [0.1, 0.15) is 0 Å². The first kappa shape index (κ1) is 10.9. The highest BCUT2D eigenvalue weighted by atomic mass is 79.9. The Hall–Kier alpha value is -0.620. The first-order valence-electron chi connectivity index (χ1n) is 4.64. The van der Waals surface area contributed by atoms with Crippen molar-refractivity contribution in [1.82, 2.24) is 4.98 Å². The average molecular weight is 291 g/mol. The summed E-state index contributed by atoms with van der Waals surface area (Å²) in [4.78, 5) is 6.20. The van der Waals surface area contributed by atoms with Gasteiger partial charge in [0, 0.05) is 23.8 Å². The quantitative estimate of drug-likeness (QED) is 0.777. The Morgan fingerprint density at radius 2 is 2.00 bits per heavy atom.